The first-order valence-electron chi connectivity index (χ1n) is 6.39. The summed E-state index contributed by atoms with van der Waals surface area (Å²) in [5.74, 6) is 0.794. The Bertz CT molecular complexity index is 582. The van der Waals surface area contributed by atoms with Gasteiger partial charge in [-0.15, -0.1) is 0 Å². The minimum absolute atomic E-state index is 0.0378. The van der Waals surface area contributed by atoms with Gasteiger partial charge in [-0.25, -0.2) is 4.98 Å². The molecule has 0 aliphatic carbocycles. The summed E-state index contributed by atoms with van der Waals surface area (Å²) in [5.41, 5.74) is 2.21. The lowest BCUT2D eigenvalue weighted by molar-refractivity contribution is 0.0927. The molecule has 1 aliphatic heterocycles. The van der Waals surface area contributed by atoms with Crippen molar-refractivity contribution in [2.75, 3.05) is 6.54 Å². The Morgan fingerprint density at radius 2 is 2.33 bits per heavy atom. The SMILES string of the molecule is Cc1nc2cc(C(=O)C3CCCCN3)ccc2o1. The van der Waals surface area contributed by atoms with Gasteiger partial charge < -0.3 is 9.73 Å². The number of aryl methyl sites for hydroxylation is 1. The van der Waals surface area contributed by atoms with E-state index in [0.29, 0.717) is 5.89 Å². The number of nitrogens with zero attached hydrogens (tertiary/aromatic N) is 1. The fourth-order valence-electron chi connectivity index (χ4n) is 2.47. The number of rotatable bonds is 2. The van der Waals surface area contributed by atoms with Crippen molar-refractivity contribution < 1.29 is 9.21 Å². The average molecular weight is 244 g/mol. The number of carbonyl (C=O) groups excluding carboxylic acids is 1. The van der Waals surface area contributed by atoms with Gasteiger partial charge in [-0.05, 0) is 37.6 Å². The van der Waals surface area contributed by atoms with Gasteiger partial charge in [0.25, 0.3) is 0 Å². The molecule has 1 fully saturated rings. The predicted octanol–water partition coefficient (Wildman–Crippen LogP) is 2.46. The van der Waals surface area contributed by atoms with Crippen LogP contribution in [0.1, 0.15) is 35.5 Å². The maximum atomic E-state index is 12.3. The minimum atomic E-state index is -0.0378. The maximum Gasteiger partial charge on any atom is 0.192 e. The Hall–Kier alpha value is -1.68. The van der Waals surface area contributed by atoms with Crippen LogP contribution in [-0.2, 0) is 0 Å². The van der Waals surface area contributed by atoms with Gasteiger partial charge >= 0.3 is 0 Å². The third-order valence-electron chi connectivity index (χ3n) is 3.41. The molecule has 18 heavy (non-hydrogen) atoms. The fourth-order valence-corrected chi connectivity index (χ4v) is 2.47. The molecule has 1 atom stereocenters. The maximum absolute atomic E-state index is 12.3. The molecule has 1 aromatic carbocycles. The molecule has 0 radical (unpaired) electrons. The second kappa shape index (κ2) is 4.53. The highest BCUT2D eigenvalue weighted by molar-refractivity contribution is 6.02. The minimum Gasteiger partial charge on any atom is -0.441 e. The summed E-state index contributed by atoms with van der Waals surface area (Å²) in [7, 11) is 0. The van der Waals surface area contributed by atoms with Gasteiger partial charge in [0, 0.05) is 12.5 Å². The lowest BCUT2D eigenvalue weighted by Crippen LogP contribution is -2.40. The normalized spacial score (nSPS) is 20.2. The first-order chi connectivity index (χ1) is 8.74. The number of carbonyl (C=O) groups is 1. The highest BCUT2D eigenvalue weighted by Gasteiger charge is 2.22. The van der Waals surface area contributed by atoms with Crippen LogP contribution in [-0.4, -0.2) is 23.4 Å². The quantitative estimate of drug-likeness (QED) is 0.824. The van der Waals surface area contributed by atoms with Crippen molar-refractivity contribution in [3.8, 4) is 0 Å². The number of hydrogen-bond donors (Lipinski definition) is 1. The Morgan fingerprint density at radius 1 is 1.44 bits per heavy atom. The molecule has 1 N–H and O–H groups in total. The van der Waals surface area contributed by atoms with E-state index in [9.17, 15) is 4.79 Å². The number of nitrogens with one attached hydrogen (secondary N) is 1. The summed E-state index contributed by atoms with van der Waals surface area (Å²) in [6.07, 6.45) is 3.20. The van der Waals surface area contributed by atoms with Crippen molar-refractivity contribution >= 4 is 16.9 Å². The van der Waals surface area contributed by atoms with Crippen LogP contribution >= 0.6 is 0 Å². The molecule has 0 amide bonds. The highest BCUT2D eigenvalue weighted by Crippen LogP contribution is 2.19. The molecule has 4 nitrogen and oxygen atoms in total. The van der Waals surface area contributed by atoms with Crippen LogP contribution in [0.15, 0.2) is 22.6 Å². The number of oxazole rings is 1. The van der Waals surface area contributed by atoms with E-state index in [2.05, 4.69) is 10.3 Å². The van der Waals surface area contributed by atoms with Crippen molar-refractivity contribution in [3.63, 3.8) is 0 Å². The van der Waals surface area contributed by atoms with E-state index < -0.39 is 0 Å². The van der Waals surface area contributed by atoms with Gasteiger partial charge in [0.2, 0.25) is 0 Å². The van der Waals surface area contributed by atoms with Crippen LogP contribution < -0.4 is 5.32 Å². The van der Waals surface area contributed by atoms with Crippen molar-refractivity contribution in [2.45, 2.75) is 32.2 Å². The lowest BCUT2D eigenvalue weighted by Gasteiger charge is -2.22. The van der Waals surface area contributed by atoms with Gasteiger partial charge in [-0.2, -0.15) is 0 Å². The number of ketones is 1. The van der Waals surface area contributed by atoms with E-state index in [1.165, 1.54) is 0 Å². The largest absolute Gasteiger partial charge is 0.441 e. The van der Waals surface area contributed by atoms with Crippen molar-refractivity contribution in [1.82, 2.24) is 10.3 Å². The number of fused-ring (bicyclic) bond motifs is 1. The zero-order valence-electron chi connectivity index (χ0n) is 10.4. The van der Waals surface area contributed by atoms with E-state index in [0.717, 1.165) is 42.5 Å². The van der Waals surface area contributed by atoms with Gasteiger partial charge in [-0.1, -0.05) is 6.42 Å². The summed E-state index contributed by atoms with van der Waals surface area (Å²) in [6.45, 7) is 2.74. The number of Topliss-reactive ketones (excluding diaryl/α,β-unsaturated/α-hetero) is 1. The second-order valence-electron chi connectivity index (χ2n) is 4.78. The molecule has 2 aromatic rings. The van der Waals surface area contributed by atoms with Crippen LogP contribution in [0.5, 0.6) is 0 Å². The van der Waals surface area contributed by atoms with Gasteiger partial charge in [-0.3, -0.25) is 4.79 Å². The van der Waals surface area contributed by atoms with Gasteiger partial charge in [0.15, 0.2) is 17.3 Å². The Morgan fingerprint density at radius 3 is 3.11 bits per heavy atom. The zero-order chi connectivity index (χ0) is 12.5. The standard InChI is InChI=1S/C14H16N2O2/c1-9-16-12-8-10(5-6-13(12)18-9)14(17)11-4-2-3-7-15-11/h5-6,8,11,15H,2-4,7H2,1H3. The molecule has 0 spiro atoms. The third kappa shape index (κ3) is 2.04. The number of hydrogen-bond acceptors (Lipinski definition) is 4. The summed E-state index contributed by atoms with van der Waals surface area (Å²) in [6, 6.07) is 5.44. The monoisotopic (exact) mass is 244 g/mol. The number of benzene rings is 1. The summed E-state index contributed by atoms with van der Waals surface area (Å²) < 4.78 is 5.41. The van der Waals surface area contributed by atoms with E-state index >= 15 is 0 Å². The molecule has 0 bridgehead atoms. The Labute approximate surface area is 105 Å². The molecule has 94 valence electrons. The summed E-state index contributed by atoms with van der Waals surface area (Å²) in [4.78, 5) is 16.6. The summed E-state index contributed by atoms with van der Waals surface area (Å²) in [5, 5.41) is 3.28. The van der Waals surface area contributed by atoms with Gasteiger partial charge in [0.05, 0.1) is 6.04 Å². The van der Waals surface area contributed by atoms with Crippen LogP contribution in [0.3, 0.4) is 0 Å². The smallest absolute Gasteiger partial charge is 0.192 e. The molecular weight excluding hydrogens is 228 g/mol. The van der Waals surface area contributed by atoms with E-state index in [4.69, 9.17) is 4.42 Å². The molecule has 1 unspecified atom stereocenters. The lowest BCUT2D eigenvalue weighted by atomic mass is 9.96. The average Bonchev–Trinajstić information content (AvgIpc) is 2.78. The molecule has 1 aromatic heterocycles. The molecule has 3 rings (SSSR count). The Balaban J connectivity index is 1.90. The van der Waals surface area contributed by atoms with E-state index in [1.54, 1.807) is 0 Å². The van der Waals surface area contributed by atoms with Crippen LogP contribution in [0.25, 0.3) is 11.1 Å². The molecule has 1 aliphatic rings. The molecule has 2 heterocycles. The van der Waals surface area contributed by atoms with Gasteiger partial charge in [0.1, 0.15) is 5.52 Å². The van der Waals surface area contributed by atoms with Crippen LogP contribution in [0.4, 0.5) is 0 Å². The molecular formula is C14H16N2O2. The van der Waals surface area contributed by atoms with E-state index in [1.807, 2.05) is 25.1 Å². The molecule has 1 saturated heterocycles. The first kappa shape index (κ1) is 11.4. The van der Waals surface area contributed by atoms with Crippen molar-refractivity contribution in [3.05, 3.63) is 29.7 Å². The molecule has 4 heteroatoms. The highest BCUT2D eigenvalue weighted by atomic mass is 16.3. The first-order valence-corrected chi connectivity index (χ1v) is 6.39. The van der Waals surface area contributed by atoms with Crippen LogP contribution in [0.2, 0.25) is 0 Å². The third-order valence-corrected chi connectivity index (χ3v) is 3.41. The number of aromatic nitrogens is 1. The number of piperidine rings is 1. The molecule has 0 saturated carbocycles. The Kier molecular flexibility index (Phi) is 2.88. The van der Waals surface area contributed by atoms with Crippen molar-refractivity contribution in [1.29, 1.82) is 0 Å². The van der Waals surface area contributed by atoms with Crippen LogP contribution in [0, 0.1) is 6.92 Å². The summed E-state index contributed by atoms with van der Waals surface area (Å²) >= 11 is 0. The fraction of sp³-hybridized carbons (Fsp3) is 0.429. The van der Waals surface area contributed by atoms with E-state index in [-0.39, 0.29) is 11.8 Å². The topological polar surface area (TPSA) is 55.1 Å². The zero-order valence-corrected chi connectivity index (χ0v) is 10.4. The van der Waals surface area contributed by atoms with Crippen molar-refractivity contribution in [2.24, 2.45) is 0 Å². The predicted molar refractivity (Wildman–Crippen MR) is 68.7 cm³/mol. The second-order valence-corrected chi connectivity index (χ2v) is 4.78.